The normalized spacial score (nSPS) is 14.4. The molecule has 1 fully saturated rings. The van der Waals surface area contributed by atoms with Crippen molar-refractivity contribution in [3.8, 4) is 28.2 Å². The highest BCUT2D eigenvalue weighted by Crippen LogP contribution is 2.38. The van der Waals surface area contributed by atoms with Crippen LogP contribution in [0, 0.1) is 6.92 Å². The molecule has 4 aromatic carbocycles. The smallest absolute Gasteiger partial charge is 0.270 e. The van der Waals surface area contributed by atoms with Crippen molar-refractivity contribution in [3.05, 3.63) is 136 Å². The zero-order valence-electron chi connectivity index (χ0n) is 22.0. The number of anilines is 1. The molecule has 1 aromatic heterocycles. The number of aryl methyl sites for hydroxylation is 1. The third-order valence-electron chi connectivity index (χ3n) is 6.93. The van der Waals surface area contributed by atoms with Crippen LogP contribution in [0.1, 0.15) is 11.1 Å². The molecule has 1 aliphatic heterocycles. The maximum absolute atomic E-state index is 13.9. The van der Waals surface area contributed by atoms with E-state index in [9.17, 15) is 9.59 Å². The van der Waals surface area contributed by atoms with Crippen LogP contribution in [0.15, 0.2) is 125 Å². The van der Waals surface area contributed by atoms with E-state index >= 15 is 0 Å². The first-order valence-corrected chi connectivity index (χ1v) is 14.2. The summed E-state index contributed by atoms with van der Waals surface area (Å²) in [4.78, 5) is 28.5. The molecule has 41 heavy (non-hydrogen) atoms. The predicted octanol–water partition coefficient (Wildman–Crippen LogP) is 7.71. The van der Waals surface area contributed by atoms with Crippen molar-refractivity contribution in [2.24, 2.45) is 0 Å². The number of carbonyl (C=O) groups is 2. The van der Waals surface area contributed by atoms with Gasteiger partial charge in [-0.3, -0.25) is 19.8 Å². The van der Waals surface area contributed by atoms with E-state index < -0.39 is 11.8 Å². The molecule has 5 aromatic rings. The average molecular weight is 619 g/mol. The minimum Gasteiger partial charge on any atom is -0.309 e. The number of carbonyl (C=O) groups excluding carboxylic acids is 2. The highest BCUT2D eigenvalue weighted by Gasteiger charge is 2.35. The molecule has 1 aliphatic rings. The molecule has 5 nitrogen and oxygen atoms in total. The van der Waals surface area contributed by atoms with Gasteiger partial charge in [-0.05, 0) is 78.8 Å². The lowest BCUT2D eigenvalue weighted by Gasteiger charge is -2.29. The van der Waals surface area contributed by atoms with Crippen molar-refractivity contribution in [1.82, 2.24) is 9.88 Å². The van der Waals surface area contributed by atoms with Crippen LogP contribution in [0.3, 0.4) is 0 Å². The van der Waals surface area contributed by atoms with Gasteiger partial charge in [-0.1, -0.05) is 94.3 Å². The molecule has 0 saturated carbocycles. The monoisotopic (exact) mass is 617 g/mol. The Morgan fingerprint density at radius 1 is 0.756 bits per heavy atom. The summed E-state index contributed by atoms with van der Waals surface area (Å²) in [7, 11) is 0. The van der Waals surface area contributed by atoms with Gasteiger partial charge >= 0.3 is 0 Å². The van der Waals surface area contributed by atoms with Crippen LogP contribution in [0.2, 0.25) is 0 Å². The van der Waals surface area contributed by atoms with Crippen molar-refractivity contribution >= 4 is 56.8 Å². The second kappa shape index (κ2) is 11.1. The molecular weight excluding hydrogens is 594 g/mol. The Morgan fingerprint density at radius 3 is 1.98 bits per heavy atom. The summed E-state index contributed by atoms with van der Waals surface area (Å²) < 4.78 is 3.13. The summed E-state index contributed by atoms with van der Waals surface area (Å²) in [6.45, 7) is 1.97. The van der Waals surface area contributed by atoms with E-state index in [0.717, 1.165) is 43.8 Å². The lowest BCUT2D eigenvalue weighted by Crippen LogP contribution is -2.54. The highest BCUT2D eigenvalue weighted by molar-refractivity contribution is 9.10. The largest absolute Gasteiger partial charge is 0.309 e. The molecule has 200 valence electrons. The Hall–Kier alpha value is -4.59. The zero-order valence-corrected chi connectivity index (χ0v) is 24.4. The van der Waals surface area contributed by atoms with E-state index in [1.807, 2.05) is 122 Å². The second-order valence-corrected chi connectivity index (χ2v) is 11.0. The minimum atomic E-state index is -0.528. The lowest BCUT2D eigenvalue weighted by atomic mass is 10.0. The molecule has 7 heteroatoms. The predicted molar refractivity (Wildman–Crippen MR) is 172 cm³/mol. The molecule has 2 heterocycles. The number of benzene rings is 4. The van der Waals surface area contributed by atoms with Gasteiger partial charge in [0.25, 0.3) is 11.8 Å². The minimum absolute atomic E-state index is 0.00363. The van der Waals surface area contributed by atoms with Crippen LogP contribution in [-0.2, 0) is 9.59 Å². The molecular formula is C34H24BrN3O2S. The Kier molecular flexibility index (Phi) is 7.22. The molecule has 0 radical (unpaired) electrons. The Balaban J connectivity index is 1.59. The van der Waals surface area contributed by atoms with Gasteiger partial charge in [-0.15, -0.1) is 0 Å². The Labute approximate surface area is 251 Å². The maximum atomic E-state index is 13.9. The molecule has 1 N–H and O–H groups in total. The van der Waals surface area contributed by atoms with E-state index in [1.54, 1.807) is 6.08 Å². The molecule has 6 rings (SSSR count). The van der Waals surface area contributed by atoms with Crippen LogP contribution in [-0.4, -0.2) is 21.5 Å². The third-order valence-corrected chi connectivity index (χ3v) is 7.74. The summed E-state index contributed by atoms with van der Waals surface area (Å²) in [5, 5.41) is 2.77. The third kappa shape index (κ3) is 5.17. The summed E-state index contributed by atoms with van der Waals surface area (Å²) in [5.74, 6) is -1.00. The number of nitrogens with zero attached hydrogens (tertiary/aromatic N) is 2. The highest BCUT2D eigenvalue weighted by atomic mass is 79.9. The first-order valence-electron chi connectivity index (χ1n) is 13.0. The number of rotatable bonds is 5. The maximum Gasteiger partial charge on any atom is 0.270 e. The Bertz CT molecular complexity index is 1810. The topological polar surface area (TPSA) is 54.3 Å². The van der Waals surface area contributed by atoms with Gasteiger partial charge in [0.15, 0.2) is 5.11 Å². The van der Waals surface area contributed by atoms with Crippen molar-refractivity contribution in [2.45, 2.75) is 6.92 Å². The summed E-state index contributed by atoms with van der Waals surface area (Å²) in [6, 6.07) is 37.6. The van der Waals surface area contributed by atoms with E-state index in [4.69, 9.17) is 12.2 Å². The molecule has 0 aliphatic carbocycles. The summed E-state index contributed by atoms with van der Waals surface area (Å²) in [5.41, 5.74) is 7.05. The fourth-order valence-electron chi connectivity index (χ4n) is 4.95. The van der Waals surface area contributed by atoms with Crippen LogP contribution in [0.5, 0.6) is 0 Å². The van der Waals surface area contributed by atoms with Crippen LogP contribution in [0.4, 0.5) is 5.69 Å². The molecule has 0 bridgehead atoms. The molecule has 0 spiro atoms. The van der Waals surface area contributed by atoms with E-state index in [-0.39, 0.29) is 10.7 Å². The number of nitrogens with one attached hydrogen (secondary N) is 1. The number of amides is 2. The first kappa shape index (κ1) is 26.6. The fraction of sp³-hybridized carbons (Fsp3) is 0.0294. The standard InChI is InChI=1S/C34H24BrN3O2S/c1-22-12-16-28(17-13-22)38-33(40)29(32(39)36-34(38)41)20-25-21-30(23-8-4-2-5-9-23)37(27-18-14-26(35)15-19-27)31(25)24-10-6-3-7-11-24/h2-21H,1H3,(H,36,39,41). The van der Waals surface area contributed by atoms with Gasteiger partial charge in [0.1, 0.15) is 5.57 Å². The van der Waals surface area contributed by atoms with Crippen LogP contribution >= 0.6 is 28.1 Å². The van der Waals surface area contributed by atoms with Gasteiger partial charge in [0.05, 0.1) is 17.1 Å². The van der Waals surface area contributed by atoms with Gasteiger partial charge < -0.3 is 4.57 Å². The lowest BCUT2D eigenvalue weighted by molar-refractivity contribution is -0.122. The number of hydrogen-bond acceptors (Lipinski definition) is 3. The second-order valence-electron chi connectivity index (χ2n) is 9.67. The van der Waals surface area contributed by atoms with Gasteiger partial charge in [0.2, 0.25) is 0 Å². The van der Waals surface area contributed by atoms with E-state index in [2.05, 4.69) is 25.8 Å². The van der Waals surface area contributed by atoms with Crippen molar-refractivity contribution in [3.63, 3.8) is 0 Å². The average Bonchev–Trinajstić information content (AvgIpc) is 3.36. The van der Waals surface area contributed by atoms with Crippen molar-refractivity contribution in [2.75, 3.05) is 4.90 Å². The Morgan fingerprint density at radius 2 is 1.34 bits per heavy atom. The molecule has 0 unspecified atom stereocenters. The van der Waals surface area contributed by atoms with Crippen molar-refractivity contribution in [1.29, 1.82) is 0 Å². The van der Waals surface area contributed by atoms with Crippen LogP contribution in [0.25, 0.3) is 34.3 Å². The van der Waals surface area contributed by atoms with Gasteiger partial charge in [0, 0.05) is 15.7 Å². The zero-order chi connectivity index (χ0) is 28.5. The summed E-state index contributed by atoms with van der Waals surface area (Å²) in [6.07, 6.45) is 1.67. The number of aromatic nitrogens is 1. The fourth-order valence-corrected chi connectivity index (χ4v) is 5.50. The summed E-state index contributed by atoms with van der Waals surface area (Å²) >= 11 is 8.96. The number of hydrogen-bond donors (Lipinski definition) is 1. The van der Waals surface area contributed by atoms with E-state index in [0.29, 0.717) is 5.69 Å². The number of halogens is 1. The number of thiocarbonyl (C=S) groups is 1. The molecule has 0 atom stereocenters. The quantitative estimate of drug-likeness (QED) is 0.125. The SMILES string of the molecule is Cc1ccc(N2C(=O)C(=Cc3cc(-c4ccccc4)n(-c4ccc(Br)cc4)c3-c3ccccc3)C(=O)NC2=S)cc1. The van der Waals surface area contributed by atoms with Crippen LogP contribution < -0.4 is 10.2 Å². The first-order chi connectivity index (χ1) is 19.9. The molecule has 1 saturated heterocycles. The van der Waals surface area contributed by atoms with Gasteiger partial charge in [-0.25, -0.2) is 0 Å². The molecule has 2 amide bonds. The van der Waals surface area contributed by atoms with Gasteiger partial charge in [-0.2, -0.15) is 0 Å². The van der Waals surface area contributed by atoms with Crippen molar-refractivity contribution < 1.29 is 9.59 Å². The van der Waals surface area contributed by atoms with E-state index in [1.165, 1.54) is 4.90 Å².